The maximum Gasteiger partial charge on any atom is 0.191 e. The minimum absolute atomic E-state index is 0.302. The van der Waals surface area contributed by atoms with Crippen molar-refractivity contribution in [2.45, 2.75) is 72.4 Å². The topological polar surface area (TPSA) is 57.5 Å². The van der Waals surface area contributed by atoms with Crippen LogP contribution in [0.1, 0.15) is 57.0 Å². The Hall–Kier alpha value is -1.56. The Kier molecular flexibility index (Phi) is 8.14. The van der Waals surface area contributed by atoms with Gasteiger partial charge in [0.2, 0.25) is 0 Å². The third kappa shape index (κ3) is 6.23. The van der Waals surface area contributed by atoms with Gasteiger partial charge in [-0.2, -0.15) is 5.10 Å². The molecule has 0 aromatic carbocycles. The van der Waals surface area contributed by atoms with Crippen LogP contribution in [-0.2, 0) is 13.5 Å². The van der Waals surface area contributed by atoms with Crippen molar-refractivity contribution in [2.24, 2.45) is 18.0 Å². The second-order valence-corrected chi connectivity index (χ2v) is 8.51. The second-order valence-electron chi connectivity index (χ2n) is 8.51. The number of piperidine rings is 1. The van der Waals surface area contributed by atoms with Crippen molar-refractivity contribution in [3.63, 3.8) is 0 Å². The Morgan fingerprint density at radius 3 is 2.59 bits per heavy atom. The van der Waals surface area contributed by atoms with Crippen molar-refractivity contribution in [3.8, 4) is 0 Å². The van der Waals surface area contributed by atoms with E-state index in [1.807, 2.05) is 18.8 Å². The molecule has 1 aromatic rings. The molecule has 0 radical (unpaired) electrons. The van der Waals surface area contributed by atoms with E-state index in [4.69, 9.17) is 0 Å². The summed E-state index contributed by atoms with van der Waals surface area (Å²) >= 11 is 0. The lowest BCUT2D eigenvalue weighted by atomic mass is 10.0. The van der Waals surface area contributed by atoms with Gasteiger partial charge in [-0.25, -0.2) is 0 Å². The molecule has 2 rings (SSSR count). The molecular formula is C21H40N6. The first kappa shape index (κ1) is 21.7. The van der Waals surface area contributed by atoms with Gasteiger partial charge in [0.25, 0.3) is 0 Å². The number of aromatic nitrogens is 2. The van der Waals surface area contributed by atoms with E-state index in [9.17, 15) is 0 Å². The zero-order valence-corrected chi connectivity index (χ0v) is 18.5. The van der Waals surface area contributed by atoms with E-state index < -0.39 is 0 Å². The molecule has 1 aliphatic heterocycles. The quantitative estimate of drug-likeness (QED) is 0.567. The van der Waals surface area contributed by atoms with Gasteiger partial charge in [0.1, 0.15) is 0 Å². The lowest BCUT2D eigenvalue weighted by Crippen LogP contribution is -2.51. The van der Waals surface area contributed by atoms with E-state index in [1.54, 1.807) is 0 Å². The molecule has 2 unspecified atom stereocenters. The van der Waals surface area contributed by atoms with Crippen LogP contribution in [0.2, 0.25) is 0 Å². The van der Waals surface area contributed by atoms with Crippen molar-refractivity contribution >= 4 is 5.96 Å². The molecule has 0 saturated carbocycles. The monoisotopic (exact) mass is 376 g/mol. The number of nitrogens with one attached hydrogen (secondary N) is 2. The van der Waals surface area contributed by atoms with Crippen LogP contribution >= 0.6 is 0 Å². The smallest absolute Gasteiger partial charge is 0.191 e. The van der Waals surface area contributed by atoms with Crippen LogP contribution in [0.4, 0.5) is 0 Å². The van der Waals surface area contributed by atoms with Crippen LogP contribution in [0, 0.1) is 19.8 Å². The van der Waals surface area contributed by atoms with Crippen LogP contribution in [0.15, 0.2) is 4.99 Å². The zero-order chi connectivity index (χ0) is 20.0. The molecular weight excluding hydrogens is 336 g/mol. The summed E-state index contributed by atoms with van der Waals surface area (Å²) in [6, 6.07) is 0.911. The Bertz CT molecular complexity index is 618. The highest BCUT2D eigenvalue weighted by atomic mass is 15.3. The number of nitrogens with zero attached hydrogens (tertiary/aromatic N) is 4. The Balaban J connectivity index is 1.87. The van der Waals surface area contributed by atoms with Gasteiger partial charge in [-0.1, -0.05) is 20.3 Å². The molecule has 0 amide bonds. The Labute approximate surface area is 165 Å². The third-order valence-corrected chi connectivity index (χ3v) is 5.63. The van der Waals surface area contributed by atoms with Crippen molar-refractivity contribution in [3.05, 3.63) is 17.0 Å². The Morgan fingerprint density at radius 1 is 1.26 bits per heavy atom. The summed E-state index contributed by atoms with van der Waals surface area (Å²) < 4.78 is 1.97. The fraction of sp³-hybridized carbons (Fsp3) is 0.810. The van der Waals surface area contributed by atoms with Crippen LogP contribution < -0.4 is 10.6 Å². The summed E-state index contributed by atoms with van der Waals surface area (Å²) in [5.74, 6) is 1.62. The highest BCUT2D eigenvalue weighted by Crippen LogP contribution is 2.18. The number of aryl methyl sites for hydroxylation is 2. The summed E-state index contributed by atoms with van der Waals surface area (Å²) in [5.41, 5.74) is 3.71. The average molecular weight is 377 g/mol. The van der Waals surface area contributed by atoms with E-state index >= 15 is 0 Å². The van der Waals surface area contributed by atoms with Gasteiger partial charge >= 0.3 is 0 Å². The molecule has 1 aliphatic rings. The summed E-state index contributed by atoms with van der Waals surface area (Å²) in [7, 11) is 3.87. The molecule has 1 fully saturated rings. The first-order valence-corrected chi connectivity index (χ1v) is 10.5. The van der Waals surface area contributed by atoms with Gasteiger partial charge in [0.05, 0.1) is 5.69 Å². The van der Waals surface area contributed by atoms with Gasteiger partial charge in [0.15, 0.2) is 5.96 Å². The van der Waals surface area contributed by atoms with E-state index in [0.29, 0.717) is 18.0 Å². The fourth-order valence-electron chi connectivity index (χ4n) is 4.11. The van der Waals surface area contributed by atoms with Gasteiger partial charge in [-0.3, -0.25) is 14.6 Å². The first-order valence-electron chi connectivity index (χ1n) is 10.5. The van der Waals surface area contributed by atoms with Crippen molar-refractivity contribution < 1.29 is 0 Å². The molecule has 6 nitrogen and oxygen atoms in total. The molecule has 2 heterocycles. The van der Waals surface area contributed by atoms with Gasteiger partial charge in [0, 0.05) is 45.0 Å². The van der Waals surface area contributed by atoms with Crippen LogP contribution in [-0.4, -0.2) is 59.4 Å². The van der Waals surface area contributed by atoms with Crippen molar-refractivity contribution in [2.75, 3.05) is 26.7 Å². The SMILES string of the molecule is CN=C(NCC1CCCCN1CC(C)C)NC(C)Cc1c(C)nn(C)c1C. The third-order valence-electron chi connectivity index (χ3n) is 5.63. The molecule has 0 spiro atoms. The standard InChI is InChI=1S/C21H40N6/c1-15(2)14-27-11-9-8-10-19(27)13-23-21(22-6)24-16(3)12-20-17(4)25-26(7)18(20)5/h15-16,19H,8-14H2,1-7H3,(H2,22,23,24). The number of likely N-dealkylation sites (tertiary alicyclic amines) is 1. The first-order chi connectivity index (χ1) is 12.8. The molecule has 2 atom stereocenters. The number of aliphatic imine (C=N–C) groups is 1. The minimum atomic E-state index is 0.302. The summed E-state index contributed by atoms with van der Waals surface area (Å²) in [4.78, 5) is 7.10. The lowest BCUT2D eigenvalue weighted by Gasteiger charge is -2.37. The number of hydrogen-bond donors (Lipinski definition) is 2. The maximum atomic E-state index is 4.53. The molecule has 0 bridgehead atoms. The molecule has 1 saturated heterocycles. The Morgan fingerprint density at radius 2 is 2.00 bits per heavy atom. The van der Waals surface area contributed by atoms with Crippen LogP contribution in [0.25, 0.3) is 0 Å². The van der Waals surface area contributed by atoms with Crippen molar-refractivity contribution in [1.29, 1.82) is 0 Å². The van der Waals surface area contributed by atoms with Gasteiger partial charge < -0.3 is 10.6 Å². The number of hydrogen-bond acceptors (Lipinski definition) is 3. The minimum Gasteiger partial charge on any atom is -0.355 e. The molecule has 6 heteroatoms. The van der Waals surface area contributed by atoms with E-state index in [0.717, 1.165) is 24.6 Å². The normalized spacial score (nSPS) is 20.1. The highest BCUT2D eigenvalue weighted by Gasteiger charge is 2.23. The lowest BCUT2D eigenvalue weighted by molar-refractivity contribution is 0.133. The summed E-state index contributed by atoms with van der Waals surface area (Å²) in [5, 5.41) is 11.7. The average Bonchev–Trinajstić information content (AvgIpc) is 2.85. The predicted octanol–water partition coefficient (Wildman–Crippen LogP) is 2.64. The largest absolute Gasteiger partial charge is 0.355 e. The number of guanidine groups is 1. The second kappa shape index (κ2) is 10.1. The predicted molar refractivity (Wildman–Crippen MR) is 114 cm³/mol. The van der Waals surface area contributed by atoms with E-state index in [2.05, 4.69) is 60.2 Å². The fourth-order valence-corrected chi connectivity index (χ4v) is 4.11. The van der Waals surface area contributed by atoms with Crippen LogP contribution in [0.5, 0.6) is 0 Å². The van der Waals surface area contributed by atoms with E-state index in [1.165, 1.54) is 43.6 Å². The summed E-state index contributed by atoms with van der Waals surface area (Å²) in [6.07, 6.45) is 4.90. The highest BCUT2D eigenvalue weighted by molar-refractivity contribution is 5.80. The molecule has 1 aromatic heterocycles. The molecule has 27 heavy (non-hydrogen) atoms. The maximum absolute atomic E-state index is 4.53. The molecule has 2 N–H and O–H groups in total. The molecule has 154 valence electrons. The summed E-state index contributed by atoms with van der Waals surface area (Å²) in [6.45, 7) is 14.4. The number of rotatable bonds is 7. The van der Waals surface area contributed by atoms with Crippen molar-refractivity contribution in [1.82, 2.24) is 25.3 Å². The van der Waals surface area contributed by atoms with Crippen LogP contribution in [0.3, 0.4) is 0 Å². The van der Waals surface area contributed by atoms with E-state index in [-0.39, 0.29) is 0 Å². The van der Waals surface area contributed by atoms with Gasteiger partial charge in [-0.15, -0.1) is 0 Å². The van der Waals surface area contributed by atoms with Gasteiger partial charge in [-0.05, 0) is 58.1 Å². The molecule has 0 aliphatic carbocycles. The zero-order valence-electron chi connectivity index (χ0n) is 18.5.